The summed E-state index contributed by atoms with van der Waals surface area (Å²) in [6.07, 6.45) is -0.351. The highest BCUT2D eigenvalue weighted by Gasteiger charge is 2.28. The van der Waals surface area contributed by atoms with Crippen LogP contribution in [-0.4, -0.2) is 31.2 Å². The van der Waals surface area contributed by atoms with Gasteiger partial charge >= 0.3 is 12.2 Å². The zero-order valence-electron chi connectivity index (χ0n) is 14.4. The van der Waals surface area contributed by atoms with Gasteiger partial charge in [-0.25, -0.2) is 4.79 Å². The zero-order valence-corrected chi connectivity index (χ0v) is 14.4. The highest BCUT2D eigenvalue weighted by Crippen LogP contribution is 2.18. The van der Waals surface area contributed by atoms with Crippen LogP contribution < -0.4 is 16.0 Å². The number of urea groups is 1. The van der Waals surface area contributed by atoms with E-state index in [0.717, 1.165) is 25.7 Å². The summed E-state index contributed by atoms with van der Waals surface area (Å²) in [6.45, 7) is 2.96. The molecule has 140 valence electrons. The third-order valence-corrected chi connectivity index (χ3v) is 3.51. The van der Waals surface area contributed by atoms with E-state index in [9.17, 15) is 22.8 Å². The number of hydrogen-bond donors (Lipinski definition) is 3. The molecule has 0 aliphatic rings. The lowest BCUT2D eigenvalue weighted by Crippen LogP contribution is -2.34. The molecule has 0 aliphatic carbocycles. The Labute approximate surface area is 145 Å². The number of nitrogens with one attached hydrogen (secondary N) is 3. The van der Waals surface area contributed by atoms with E-state index in [1.807, 2.05) is 0 Å². The molecule has 0 spiro atoms. The van der Waals surface area contributed by atoms with Crippen molar-refractivity contribution in [3.8, 4) is 0 Å². The Morgan fingerprint density at radius 2 is 1.80 bits per heavy atom. The van der Waals surface area contributed by atoms with Gasteiger partial charge < -0.3 is 16.0 Å². The number of alkyl halides is 3. The Morgan fingerprint density at radius 3 is 2.44 bits per heavy atom. The van der Waals surface area contributed by atoms with Gasteiger partial charge in [0.25, 0.3) is 5.91 Å². The lowest BCUT2D eigenvalue weighted by Gasteiger charge is -2.12. The van der Waals surface area contributed by atoms with Crippen LogP contribution in [0.15, 0.2) is 18.2 Å². The summed E-state index contributed by atoms with van der Waals surface area (Å²) in [5.41, 5.74) is 1.13. The fraction of sp³-hybridized carbons (Fsp3) is 0.529. The smallest absolute Gasteiger partial charge is 0.343 e. The Balaban J connectivity index is 2.59. The number of carbonyl (C=O) groups is 2. The molecule has 25 heavy (non-hydrogen) atoms. The Hall–Kier alpha value is -2.25. The maximum Gasteiger partial charge on any atom is 0.405 e. The maximum absolute atomic E-state index is 12.2. The summed E-state index contributed by atoms with van der Waals surface area (Å²) >= 11 is 0. The topological polar surface area (TPSA) is 70.2 Å². The van der Waals surface area contributed by atoms with Gasteiger partial charge in [-0.15, -0.1) is 0 Å². The second-order valence-corrected chi connectivity index (χ2v) is 5.77. The number of anilines is 1. The fourth-order valence-electron chi connectivity index (χ4n) is 2.10. The number of unbranched alkanes of at least 4 members (excludes halogenated alkanes) is 3. The third-order valence-electron chi connectivity index (χ3n) is 3.51. The van der Waals surface area contributed by atoms with Crippen molar-refractivity contribution in [1.29, 1.82) is 0 Å². The number of carbonyl (C=O) groups excluding carboxylic acids is 2. The number of amides is 3. The SMILES string of the molecule is CCCCCCNC(=O)Nc1cc(C(=O)NCC(F)(F)F)ccc1C. The first-order valence-corrected chi connectivity index (χ1v) is 8.23. The number of halogens is 3. The van der Waals surface area contributed by atoms with Crippen molar-refractivity contribution in [1.82, 2.24) is 10.6 Å². The molecule has 1 aromatic carbocycles. The fourth-order valence-corrected chi connectivity index (χ4v) is 2.10. The van der Waals surface area contributed by atoms with Crippen LogP contribution in [0.2, 0.25) is 0 Å². The molecular weight excluding hydrogens is 335 g/mol. The molecule has 0 radical (unpaired) electrons. The maximum atomic E-state index is 12.2. The van der Waals surface area contributed by atoms with Gasteiger partial charge in [0.05, 0.1) is 0 Å². The molecule has 0 aromatic heterocycles. The minimum Gasteiger partial charge on any atom is -0.343 e. The number of rotatable bonds is 8. The van der Waals surface area contributed by atoms with Gasteiger partial charge in [0.1, 0.15) is 6.54 Å². The Bertz CT molecular complexity index is 589. The summed E-state index contributed by atoms with van der Waals surface area (Å²) in [4.78, 5) is 23.6. The van der Waals surface area contributed by atoms with E-state index in [1.54, 1.807) is 18.3 Å². The molecular formula is C17H24F3N3O2. The molecule has 0 saturated carbocycles. The summed E-state index contributed by atoms with van der Waals surface area (Å²) < 4.78 is 36.5. The van der Waals surface area contributed by atoms with Crippen molar-refractivity contribution in [3.63, 3.8) is 0 Å². The molecule has 0 unspecified atom stereocenters. The number of hydrogen-bond acceptors (Lipinski definition) is 2. The number of benzene rings is 1. The largest absolute Gasteiger partial charge is 0.405 e. The highest BCUT2D eigenvalue weighted by molar-refractivity contribution is 5.97. The molecule has 0 fully saturated rings. The Kier molecular flexibility index (Phi) is 8.24. The van der Waals surface area contributed by atoms with E-state index in [-0.39, 0.29) is 5.56 Å². The predicted octanol–water partition coefficient (Wildman–Crippen LogP) is 3.99. The van der Waals surface area contributed by atoms with E-state index in [1.165, 1.54) is 12.1 Å². The van der Waals surface area contributed by atoms with Gasteiger partial charge in [-0.05, 0) is 31.0 Å². The monoisotopic (exact) mass is 359 g/mol. The van der Waals surface area contributed by atoms with Gasteiger partial charge in [-0.1, -0.05) is 32.3 Å². The van der Waals surface area contributed by atoms with Crippen molar-refractivity contribution >= 4 is 17.6 Å². The van der Waals surface area contributed by atoms with Crippen LogP contribution in [0.4, 0.5) is 23.7 Å². The zero-order chi connectivity index (χ0) is 18.9. The first-order valence-electron chi connectivity index (χ1n) is 8.23. The minimum atomic E-state index is -4.47. The molecule has 0 heterocycles. The quantitative estimate of drug-likeness (QED) is 0.614. The molecule has 1 aromatic rings. The van der Waals surface area contributed by atoms with E-state index < -0.39 is 24.7 Å². The number of aryl methyl sites for hydroxylation is 1. The normalized spacial score (nSPS) is 11.1. The van der Waals surface area contributed by atoms with Crippen molar-refractivity contribution in [2.45, 2.75) is 45.7 Å². The average molecular weight is 359 g/mol. The summed E-state index contributed by atoms with van der Waals surface area (Å²) in [5, 5.41) is 7.13. The van der Waals surface area contributed by atoms with Crippen LogP contribution in [0, 0.1) is 6.92 Å². The summed E-state index contributed by atoms with van der Waals surface area (Å²) in [6, 6.07) is 3.93. The van der Waals surface area contributed by atoms with E-state index in [0.29, 0.717) is 17.8 Å². The molecule has 0 bridgehead atoms. The van der Waals surface area contributed by atoms with E-state index in [2.05, 4.69) is 17.6 Å². The molecule has 1 rings (SSSR count). The van der Waals surface area contributed by atoms with Crippen LogP contribution >= 0.6 is 0 Å². The van der Waals surface area contributed by atoms with E-state index >= 15 is 0 Å². The van der Waals surface area contributed by atoms with Crippen molar-refractivity contribution in [3.05, 3.63) is 29.3 Å². The highest BCUT2D eigenvalue weighted by atomic mass is 19.4. The van der Waals surface area contributed by atoms with Crippen LogP contribution in [0.5, 0.6) is 0 Å². The van der Waals surface area contributed by atoms with Crippen LogP contribution in [0.1, 0.15) is 48.5 Å². The van der Waals surface area contributed by atoms with Gasteiger partial charge in [0.2, 0.25) is 0 Å². The second kappa shape index (κ2) is 9.90. The van der Waals surface area contributed by atoms with Crippen LogP contribution in [0.3, 0.4) is 0 Å². The standard InChI is InChI=1S/C17H24F3N3O2/c1-3-4-5-6-9-21-16(25)23-14-10-13(8-7-12(14)2)15(24)22-11-17(18,19)20/h7-8,10H,3-6,9,11H2,1-2H3,(H,22,24)(H2,21,23,25). The van der Waals surface area contributed by atoms with Gasteiger partial charge in [0, 0.05) is 17.8 Å². The molecule has 3 N–H and O–H groups in total. The lowest BCUT2D eigenvalue weighted by molar-refractivity contribution is -0.123. The van der Waals surface area contributed by atoms with Crippen LogP contribution in [-0.2, 0) is 0 Å². The molecule has 5 nitrogen and oxygen atoms in total. The van der Waals surface area contributed by atoms with Gasteiger partial charge in [0.15, 0.2) is 0 Å². The summed E-state index contributed by atoms with van der Waals surface area (Å²) in [5.74, 6) is -0.847. The molecule has 8 heteroatoms. The van der Waals surface area contributed by atoms with Crippen molar-refractivity contribution in [2.75, 3.05) is 18.4 Å². The predicted molar refractivity (Wildman–Crippen MR) is 90.7 cm³/mol. The molecule has 3 amide bonds. The van der Waals surface area contributed by atoms with Crippen molar-refractivity contribution in [2.24, 2.45) is 0 Å². The Morgan fingerprint density at radius 1 is 1.08 bits per heavy atom. The molecule has 0 atom stereocenters. The lowest BCUT2D eigenvalue weighted by atomic mass is 10.1. The molecule has 0 saturated heterocycles. The third kappa shape index (κ3) is 8.42. The first-order chi connectivity index (χ1) is 11.7. The van der Waals surface area contributed by atoms with Crippen molar-refractivity contribution < 1.29 is 22.8 Å². The average Bonchev–Trinajstić information content (AvgIpc) is 2.53. The first kappa shape index (κ1) is 20.8. The second-order valence-electron chi connectivity index (χ2n) is 5.77. The van der Waals surface area contributed by atoms with Gasteiger partial charge in [-0.3, -0.25) is 4.79 Å². The van der Waals surface area contributed by atoms with Gasteiger partial charge in [-0.2, -0.15) is 13.2 Å². The van der Waals surface area contributed by atoms with Crippen LogP contribution in [0.25, 0.3) is 0 Å². The molecule has 0 aliphatic heterocycles. The summed E-state index contributed by atoms with van der Waals surface area (Å²) in [7, 11) is 0. The van der Waals surface area contributed by atoms with E-state index in [4.69, 9.17) is 0 Å². The minimum absolute atomic E-state index is 0.0492.